The Morgan fingerprint density at radius 3 is 2.81 bits per heavy atom. The summed E-state index contributed by atoms with van der Waals surface area (Å²) in [5, 5.41) is 9.24. The normalized spacial score (nSPS) is 14.3. The molecule has 1 aromatic heterocycles. The van der Waals surface area contributed by atoms with Crippen molar-refractivity contribution in [1.29, 1.82) is 0 Å². The van der Waals surface area contributed by atoms with Crippen molar-refractivity contribution in [3.63, 3.8) is 0 Å². The van der Waals surface area contributed by atoms with Gasteiger partial charge in [-0.1, -0.05) is 12.1 Å². The van der Waals surface area contributed by atoms with Gasteiger partial charge in [0.05, 0.1) is 22.9 Å². The first-order valence-corrected chi connectivity index (χ1v) is 11.5. The van der Waals surface area contributed by atoms with Crippen LogP contribution in [0.15, 0.2) is 46.9 Å². The van der Waals surface area contributed by atoms with Crippen LogP contribution >= 0.6 is 27.5 Å². The first-order chi connectivity index (χ1) is 15.0. The number of hydrogen-bond donors (Lipinski definition) is 1. The largest absolute Gasteiger partial charge is 0.497 e. The second-order valence-electron chi connectivity index (χ2n) is 7.52. The Labute approximate surface area is 192 Å². The monoisotopic (exact) mass is 505 g/mol. The van der Waals surface area contributed by atoms with Crippen molar-refractivity contribution in [1.82, 2.24) is 4.37 Å². The van der Waals surface area contributed by atoms with Gasteiger partial charge >= 0.3 is 5.97 Å². The van der Waals surface area contributed by atoms with Gasteiger partial charge in [0.25, 0.3) is 0 Å². The number of carboxylic acids is 1. The molecule has 1 unspecified atom stereocenters. The fourth-order valence-corrected chi connectivity index (χ4v) is 5.15. The lowest BCUT2D eigenvalue weighted by Gasteiger charge is -2.15. The van der Waals surface area contributed by atoms with E-state index in [0.29, 0.717) is 38.0 Å². The summed E-state index contributed by atoms with van der Waals surface area (Å²) < 4.78 is 30.6. The summed E-state index contributed by atoms with van der Waals surface area (Å²) >= 11 is 4.72. The molecule has 0 saturated heterocycles. The average molecular weight is 506 g/mol. The Kier molecular flexibility index (Phi) is 6.57. The highest BCUT2D eigenvalue weighted by atomic mass is 79.9. The molecule has 0 spiro atoms. The average Bonchev–Trinajstić information content (AvgIpc) is 3.54. The lowest BCUT2D eigenvalue weighted by Crippen LogP contribution is -2.08. The van der Waals surface area contributed by atoms with Crippen LogP contribution in [-0.2, 0) is 11.4 Å². The van der Waals surface area contributed by atoms with Crippen LogP contribution < -0.4 is 9.47 Å². The molecule has 162 valence electrons. The number of methoxy groups -OCH3 is 1. The SMILES string of the molecule is COc1ccc(F)c(-c2snc(COc3cccc(C(CC(=O)O)C4CC4)c3)c2Br)c1. The number of hydrogen-bond acceptors (Lipinski definition) is 5. The molecule has 1 N–H and O–H groups in total. The van der Waals surface area contributed by atoms with Gasteiger partial charge < -0.3 is 14.6 Å². The molecule has 1 fully saturated rings. The maximum Gasteiger partial charge on any atom is 0.303 e. The molecule has 0 radical (unpaired) electrons. The van der Waals surface area contributed by atoms with E-state index in [1.165, 1.54) is 24.7 Å². The van der Waals surface area contributed by atoms with Gasteiger partial charge in [0.2, 0.25) is 0 Å². The molecule has 1 aliphatic carbocycles. The minimum Gasteiger partial charge on any atom is -0.497 e. The molecule has 2 aromatic carbocycles. The molecule has 0 aliphatic heterocycles. The summed E-state index contributed by atoms with van der Waals surface area (Å²) in [6.07, 6.45) is 2.26. The number of rotatable bonds is 9. The van der Waals surface area contributed by atoms with Crippen LogP contribution in [0.4, 0.5) is 4.39 Å². The molecule has 0 bridgehead atoms. The molecular formula is C23H21BrFNO4S. The summed E-state index contributed by atoms with van der Waals surface area (Å²) in [7, 11) is 1.54. The number of aromatic nitrogens is 1. The molecule has 1 heterocycles. The predicted octanol–water partition coefficient (Wildman–Crippen LogP) is 6.27. The number of benzene rings is 2. The van der Waals surface area contributed by atoms with Crippen LogP contribution in [0.5, 0.6) is 11.5 Å². The molecule has 3 aromatic rings. The van der Waals surface area contributed by atoms with E-state index in [4.69, 9.17) is 9.47 Å². The molecule has 1 atom stereocenters. The Hall–Kier alpha value is -2.45. The van der Waals surface area contributed by atoms with Crippen molar-refractivity contribution in [3.8, 4) is 21.9 Å². The number of ether oxygens (including phenoxy) is 2. The molecule has 5 nitrogen and oxygen atoms in total. The lowest BCUT2D eigenvalue weighted by atomic mass is 9.91. The third-order valence-electron chi connectivity index (χ3n) is 5.37. The Balaban J connectivity index is 1.50. The van der Waals surface area contributed by atoms with Gasteiger partial charge in [-0.25, -0.2) is 4.39 Å². The highest BCUT2D eigenvalue weighted by Crippen LogP contribution is 2.45. The van der Waals surface area contributed by atoms with E-state index in [-0.39, 0.29) is 24.8 Å². The highest BCUT2D eigenvalue weighted by Gasteiger charge is 2.33. The van der Waals surface area contributed by atoms with E-state index in [1.54, 1.807) is 12.1 Å². The molecule has 8 heteroatoms. The van der Waals surface area contributed by atoms with Crippen LogP contribution in [-0.4, -0.2) is 22.6 Å². The molecule has 31 heavy (non-hydrogen) atoms. The van der Waals surface area contributed by atoms with Crippen molar-refractivity contribution in [2.24, 2.45) is 5.92 Å². The van der Waals surface area contributed by atoms with Gasteiger partial charge in [-0.2, -0.15) is 4.37 Å². The second kappa shape index (κ2) is 9.36. The van der Waals surface area contributed by atoms with Crippen molar-refractivity contribution in [2.75, 3.05) is 7.11 Å². The molecule has 1 aliphatic rings. The van der Waals surface area contributed by atoms with Crippen molar-refractivity contribution in [2.45, 2.75) is 31.8 Å². The fraction of sp³-hybridized carbons (Fsp3) is 0.304. The van der Waals surface area contributed by atoms with Crippen LogP contribution in [0.25, 0.3) is 10.4 Å². The zero-order chi connectivity index (χ0) is 22.0. The minimum absolute atomic E-state index is 0.00898. The van der Waals surface area contributed by atoms with Gasteiger partial charge in [0, 0.05) is 5.56 Å². The van der Waals surface area contributed by atoms with E-state index in [9.17, 15) is 14.3 Å². The number of aliphatic carboxylic acids is 1. The highest BCUT2D eigenvalue weighted by molar-refractivity contribution is 9.10. The third kappa shape index (κ3) is 5.07. The standard InChI is InChI=1S/C23H21BrFNO4S/c1-29-15-7-8-19(25)18(10-15)23-22(24)20(26-31-23)12-30-16-4-2-3-14(9-16)17(11-21(27)28)13-5-6-13/h2-4,7-10,13,17H,5-6,11-12H2,1H3,(H,27,28). The van der Waals surface area contributed by atoms with E-state index in [0.717, 1.165) is 18.4 Å². The van der Waals surface area contributed by atoms with E-state index in [2.05, 4.69) is 20.3 Å². The Morgan fingerprint density at radius 2 is 2.10 bits per heavy atom. The number of carboxylic acid groups (broad SMARTS) is 1. The van der Waals surface area contributed by atoms with Gasteiger partial charge in [-0.3, -0.25) is 4.79 Å². The van der Waals surface area contributed by atoms with Crippen LogP contribution in [0.2, 0.25) is 0 Å². The lowest BCUT2D eigenvalue weighted by molar-refractivity contribution is -0.137. The third-order valence-corrected chi connectivity index (χ3v) is 7.40. The summed E-state index contributed by atoms with van der Waals surface area (Å²) in [5.74, 6) is 0.524. The zero-order valence-corrected chi connectivity index (χ0v) is 19.2. The van der Waals surface area contributed by atoms with Crippen LogP contribution in [0.3, 0.4) is 0 Å². The summed E-state index contributed by atoms with van der Waals surface area (Å²) in [6.45, 7) is 0.207. The first-order valence-electron chi connectivity index (χ1n) is 9.88. The Morgan fingerprint density at radius 1 is 1.29 bits per heavy atom. The van der Waals surface area contributed by atoms with Crippen molar-refractivity contribution < 1.29 is 23.8 Å². The van der Waals surface area contributed by atoms with Gasteiger partial charge in [0.15, 0.2) is 0 Å². The second-order valence-corrected chi connectivity index (χ2v) is 9.09. The minimum atomic E-state index is -0.785. The number of carbonyl (C=O) groups is 1. The van der Waals surface area contributed by atoms with Crippen molar-refractivity contribution >= 4 is 33.4 Å². The molecule has 4 rings (SSSR count). The molecule has 0 amide bonds. The summed E-state index contributed by atoms with van der Waals surface area (Å²) in [5.41, 5.74) is 2.06. The van der Waals surface area contributed by atoms with Gasteiger partial charge in [-0.15, -0.1) is 0 Å². The molecular weight excluding hydrogens is 485 g/mol. The maximum atomic E-state index is 14.3. The summed E-state index contributed by atoms with van der Waals surface area (Å²) in [4.78, 5) is 11.9. The predicted molar refractivity (Wildman–Crippen MR) is 120 cm³/mol. The van der Waals surface area contributed by atoms with E-state index >= 15 is 0 Å². The van der Waals surface area contributed by atoms with E-state index in [1.807, 2.05) is 24.3 Å². The maximum absolute atomic E-state index is 14.3. The van der Waals surface area contributed by atoms with Gasteiger partial charge in [0.1, 0.15) is 29.6 Å². The Bertz CT molecular complexity index is 1100. The number of halogens is 2. The fourth-order valence-electron chi connectivity index (χ4n) is 3.60. The van der Waals surface area contributed by atoms with Crippen molar-refractivity contribution in [3.05, 3.63) is 64.0 Å². The van der Waals surface area contributed by atoms with Gasteiger partial charge in [-0.05, 0) is 88.0 Å². The quantitative estimate of drug-likeness (QED) is 0.371. The number of nitrogens with zero attached hydrogens (tertiary/aromatic N) is 1. The summed E-state index contributed by atoms with van der Waals surface area (Å²) in [6, 6.07) is 12.2. The first kappa shape index (κ1) is 21.8. The topological polar surface area (TPSA) is 68.7 Å². The zero-order valence-electron chi connectivity index (χ0n) is 16.8. The van der Waals surface area contributed by atoms with Crippen LogP contribution in [0.1, 0.15) is 36.4 Å². The van der Waals surface area contributed by atoms with Crippen LogP contribution in [0, 0.1) is 11.7 Å². The van der Waals surface area contributed by atoms with E-state index < -0.39 is 5.97 Å². The smallest absolute Gasteiger partial charge is 0.303 e. The molecule has 1 saturated carbocycles.